The zero-order valence-electron chi connectivity index (χ0n) is 20.8. The average Bonchev–Trinajstić information content (AvgIpc) is 3.14. The molecule has 1 atom stereocenters. The molecule has 8 nitrogen and oxygen atoms in total. The minimum absolute atomic E-state index is 0.139. The van der Waals surface area contributed by atoms with Crippen LogP contribution < -0.4 is 5.32 Å². The van der Waals surface area contributed by atoms with Crippen molar-refractivity contribution < 1.29 is 23.9 Å². The second-order valence-corrected chi connectivity index (χ2v) is 10.9. The second kappa shape index (κ2) is 9.50. The Kier molecular flexibility index (Phi) is 6.16. The van der Waals surface area contributed by atoms with Crippen molar-refractivity contribution in [3.8, 4) is 0 Å². The highest BCUT2D eigenvalue weighted by atomic mass is 16.5. The largest absolute Gasteiger partial charge is 0.381 e. The third-order valence-electron chi connectivity index (χ3n) is 8.28. The maximum absolute atomic E-state index is 13.3. The number of anilines is 1. The summed E-state index contributed by atoms with van der Waals surface area (Å²) in [5, 5.41) is 3.31. The fraction of sp³-hybridized carbons (Fsp3) is 0.448. The molecule has 0 bridgehead atoms. The van der Waals surface area contributed by atoms with Crippen LogP contribution in [0.3, 0.4) is 0 Å². The SMILES string of the molecule is O=C1CCC(N2C(=O)c3cccc(NCc4ccc(CN5CC6(CCOCC6)C5)cc4)c3C2=O)C(=O)C1. The number of carbonyl (C=O) groups is 4. The van der Waals surface area contributed by atoms with Gasteiger partial charge in [0.1, 0.15) is 5.78 Å². The number of hydrogen-bond donors (Lipinski definition) is 1. The first-order valence-electron chi connectivity index (χ1n) is 13.1. The molecule has 3 aliphatic heterocycles. The maximum atomic E-state index is 13.3. The number of likely N-dealkylation sites (tertiary alicyclic amines) is 1. The minimum Gasteiger partial charge on any atom is -0.381 e. The Morgan fingerprint density at radius 1 is 0.919 bits per heavy atom. The number of fused-ring (bicyclic) bond motifs is 1. The number of benzene rings is 2. The van der Waals surface area contributed by atoms with E-state index >= 15 is 0 Å². The summed E-state index contributed by atoms with van der Waals surface area (Å²) in [4.78, 5) is 53.9. The lowest BCUT2D eigenvalue weighted by molar-refractivity contribution is -0.132. The van der Waals surface area contributed by atoms with E-state index < -0.39 is 17.9 Å². The van der Waals surface area contributed by atoms with Gasteiger partial charge >= 0.3 is 0 Å². The molecule has 0 aromatic heterocycles. The van der Waals surface area contributed by atoms with Crippen LogP contribution in [0, 0.1) is 5.41 Å². The zero-order chi connectivity index (χ0) is 25.6. The van der Waals surface area contributed by atoms with Crippen molar-refractivity contribution in [1.82, 2.24) is 9.80 Å². The van der Waals surface area contributed by atoms with Gasteiger partial charge in [0.2, 0.25) is 0 Å². The molecule has 1 spiro atoms. The quantitative estimate of drug-likeness (QED) is 0.480. The molecule has 1 aliphatic carbocycles. The summed E-state index contributed by atoms with van der Waals surface area (Å²) in [5.74, 6) is -1.43. The molecule has 2 amide bonds. The van der Waals surface area contributed by atoms with E-state index in [4.69, 9.17) is 4.74 Å². The molecule has 8 heteroatoms. The summed E-state index contributed by atoms with van der Waals surface area (Å²) >= 11 is 0. The summed E-state index contributed by atoms with van der Waals surface area (Å²) in [6.07, 6.45) is 2.52. The van der Waals surface area contributed by atoms with Crippen LogP contribution in [0.1, 0.15) is 63.9 Å². The van der Waals surface area contributed by atoms with Crippen LogP contribution in [0.15, 0.2) is 42.5 Å². The minimum atomic E-state index is -0.863. The molecular formula is C29H31N3O5. The summed E-state index contributed by atoms with van der Waals surface area (Å²) in [6.45, 7) is 5.51. The molecule has 4 aliphatic rings. The lowest BCUT2D eigenvalue weighted by Gasteiger charge is -2.52. The molecule has 2 aromatic carbocycles. The molecule has 3 fully saturated rings. The first-order chi connectivity index (χ1) is 17.9. The van der Waals surface area contributed by atoms with E-state index in [1.807, 2.05) is 0 Å². The van der Waals surface area contributed by atoms with E-state index in [9.17, 15) is 19.2 Å². The van der Waals surface area contributed by atoms with Crippen LogP contribution >= 0.6 is 0 Å². The van der Waals surface area contributed by atoms with Gasteiger partial charge in [-0.15, -0.1) is 0 Å². The number of carbonyl (C=O) groups excluding carboxylic acids is 4. The summed E-state index contributed by atoms with van der Waals surface area (Å²) in [6, 6.07) is 12.8. The highest BCUT2D eigenvalue weighted by molar-refractivity contribution is 6.25. The number of amides is 2. The Bertz CT molecular complexity index is 1260. The number of ether oxygens (including phenoxy) is 1. The molecule has 2 saturated heterocycles. The van der Waals surface area contributed by atoms with Crippen molar-refractivity contribution in [2.24, 2.45) is 5.41 Å². The van der Waals surface area contributed by atoms with Crippen LogP contribution in [-0.4, -0.2) is 65.5 Å². The molecule has 192 valence electrons. The number of nitrogens with zero attached hydrogens (tertiary/aromatic N) is 2. The number of hydrogen-bond acceptors (Lipinski definition) is 7. The van der Waals surface area contributed by atoms with Crippen LogP contribution in [0.2, 0.25) is 0 Å². The highest BCUT2D eigenvalue weighted by Gasteiger charge is 2.45. The van der Waals surface area contributed by atoms with E-state index in [0.717, 1.165) is 43.3 Å². The van der Waals surface area contributed by atoms with Crippen molar-refractivity contribution in [2.75, 3.05) is 31.6 Å². The van der Waals surface area contributed by atoms with E-state index in [1.165, 1.54) is 18.4 Å². The predicted molar refractivity (Wildman–Crippen MR) is 136 cm³/mol. The zero-order valence-corrected chi connectivity index (χ0v) is 20.8. The number of rotatable bonds is 6. The Labute approximate surface area is 215 Å². The number of Topliss-reactive ketones (excluding diaryl/α,β-unsaturated/α-hetero) is 2. The van der Waals surface area contributed by atoms with Crippen molar-refractivity contribution in [2.45, 2.75) is 51.2 Å². The van der Waals surface area contributed by atoms with Crippen molar-refractivity contribution >= 4 is 29.1 Å². The molecule has 0 radical (unpaired) electrons. The standard InChI is InChI=1S/C29H31N3O5/c33-21-8-9-24(25(34)14-21)32-27(35)22-2-1-3-23(26(22)28(32)36)30-15-19-4-6-20(7-5-19)16-31-17-29(18-31)10-12-37-13-11-29/h1-7,24,30H,8-18H2. The van der Waals surface area contributed by atoms with Gasteiger partial charge < -0.3 is 10.1 Å². The van der Waals surface area contributed by atoms with Crippen molar-refractivity contribution in [3.63, 3.8) is 0 Å². The van der Waals surface area contributed by atoms with Gasteiger partial charge in [-0.2, -0.15) is 0 Å². The lowest BCUT2D eigenvalue weighted by atomic mass is 9.73. The molecule has 1 saturated carbocycles. The second-order valence-electron chi connectivity index (χ2n) is 10.9. The summed E-state index contributed by atoms with van der Waals surface area (Å²) in [5.41, 5.74) is 3.98. The van der Waals surface area contributed by atoms with Gasteiger partial charge in [-0.1, -0.05) is 30.3 Å². The fourth-order valence-electron chi connectivity index (χ4n) is 6.22. The predicted octanol–water partition coefficient (Wildman–Crippen LogP) is 3.20. The van der Waals surface area contributed by atoms with Crippen LogP contribution in [-0.2, 0) is 27.4 Å². The Morgan fingerprint density at radius 3 is 2.38 bits per heavy atom. The lowest BCUT2D eigenvalue weighted by Crippen LogP contribution is -2.57. The van der Waals surface area contributed by atoms with Crippen molar-refractivity contribution in [3.05, 3.63) is 64.7 Å². The Balaban J connectivity index is 1.09. The monoisotopic (exact) mass is 501 g/mol. The third kappa shape index (κ3) is 4.49. The van der Waals surface area contributed by atoms with E-state index in [1.54, 1.807) is 18.2 Å². The molecule has 6 rings (SSSR count). The first kappa shape index (κ1) is 24.0. The molecule has 1 unspecified atom stereocenters. The van der Waals surface area contributed by atoms with Gasteiger partial charge in [0.15, 0.2) is 5.78 Å². The fourth-order valence-corrected chi connectivity index (χ4v) is 6.22. The molecule has 37 heavy (non-hydrogen) atoms. The Morgan fingerprint density at radius 2 is 1.65 bits per heavy atom. The molecule has 2 aromatic rings. The van der Waals surface area contributed by atoms with Crippen molar-refractivity contribution in [1.29, 1.82) is 0 Å². The van der Waals surface area contributed by atoms with Gasteiger partial charge in [-0.05, 0) is 42.5 Å². The van der Waals surface area contributed by atoms with Crippen LogP contribution in [0.5, 0.6) is 0 Å². The molecule has 3 heterocycles. The smallest absolute Gasteiger partial charge is 0.264 e. The van der Waals surface area contributed by atoms with Gasteiger partial charge in [0.25, 0.3) is 11.8 Å². The highest BCUT2D eigenvalue weighted by Crippen LogP contribution is 2.40. The normalized spacial score (nSPS) is 23.4. The topological polar surface area (TPSA) is 96.0 Å². The molecule has 1 N–H and O–H groups in total. The van der Waals surface area contributed by atoms with Crippen LogP contribution in [0.25, 0.3) is 0 Å². The molecular weight excluding hydrogens is 470 g/mol. The van der Waals surface area contributed by atoms with Crippen LogP contribution in [0.4, 0.5) is 5.69 Å². The average molecular weight is 502 g/mol. The van der Waals surface area contributed by atoms with E-state index in [0.29, 0.717) is 28.8 Å². The Hall–Kier alpha value is -3.36. The number of imide groups is 1. The first-order valence-corrected chi connectivity index (χ1v) is 13.1. The van der Waals surface area contributed by atoms with Gasteiger partial charge in [0, 0.05) is 56.9 Å². The van der Waals surface area contributed by atoms with Gasteiger partial charge in [0.05, 0.1) is 23.6 Å². The maximum Gasteiger partial charge on any atom is 0.264 e. The van der Waals surface area contributed by atoms with Gasteiger partial charge in [-0.3, -0.25) is 29.0 Å². The number of nitrogens with one attached hydrogen (secondary N) is 1. The summed E-state index contributed by atoms with van der Waals surface area (Å²) < 4.78 is 5.51. The number of ketones is 2. The van der Waals surface area contributed by atoms with Gasteiger partial charge in [-0.25, -0.2) is 0 Å². The van der Waals surface area contributed by atoms with E-state index in [2.05, 4.69) is 34.5 Å². The third-order valence-corrected chi connectivity index (χ3v) is 8.28. The van der Waals surface area contributed by atoms with E-state index in [-0.39, 0.29) is 30.8 Å². The summed E-state index contributed by atoms with van der Waals surface area (Å²) in [7, 11) is 0.